The molecule has 36 heavy (non-hydrogen) atoms. The summed E-state index contributed by atoms with van der Waals surface area (Å²) in [5, 5.41) is 14.7. The highest BCUT2D eigenvalue weighted by Gasteiger charge is 2.25. The first-order valence-electron chi connectivity index (χ1n) is 11.0. The van der Waals surface area contributed by atoms with Crippen molar-refractivity contribution >= 4 is 52.5 Å². The third kappa shape index (κ3) is 9.12. The Labute approximate surface area is 217 Å². The smallest absolute Gasteiger partial charge is 0.411 e. The van der Waals surface area contributed by atoms with Crippen LogP contribution in [-0.2, 0) is 27.3 Å². The highest BCUT2D eigenvalue weighted by molar-refractivity contribution is 7.73. The molecule has 3 rings (SSSR count). The summed E-state index contributed by atoms with van der Waals surface area (Å²) >= 11 is 6.09. The Balaban J connectivity index is 1.62. The number of anilines is 2. The molecule has 10 nitrogen and oxygen atoms in total. The van der Waals surface area contributed by atoms with Gasteiger partial charge in [0.25, 0.3) is 0 Å². The van der Waals surface area contributed by atoms with E-state index in [-0.39, 0.29) is 18.2 Å². The second-order valence-electron chi connectivity index (χ2n) is 8.69. The molecule has 1 aromatic heterocycles. The number of nitrogens with one attached hydrogen (secondary N) is 4. The fourth-order valence-corrected chi connectivity index (χ4v) is 3.76. The highest BCUT2D eigenvalue weighted by atomic mass is 32.1. The Kier molecular flexibility index (Phi) is 9.14. The Bertz CT molecular complexity index is 1240. The van der Waals surface area contributed by atoms with Crippen LogP contribution in [0.1, 0.15) is 31.9 Å². The molecule has 0 saturated heterocycles. The lowest BCUT2D eigenvalue weighted by Crippen LogP contribution is -2.47. The fourth-order valence-electron chi connectivity index (χ4n) is 2.97. The minimum Gasteiger partial charge on any atom is -0.444 e. The first-order valence-corrected chi connectivity index (χ1v) is 12.2. The average Bonchev–Trinajstić information content (AvgIpc) is 3.22. The summed E-state index contributed by atoms with van der Waals surface area (Å²) in [5.74, 6) is -0.481. The van der Waals surface area contributed by atoms with Gasteiger partial charge >= 0.3 is 12.2 Å². The number of amides is 3. The quantitative estimate of drug-likeness (QED) is 0.301. The molecule has 1 heterocycles. The monoisotopic (exact) mass is 529 g/mol. The van der Waals surface area contributed by atoms with Gasteiger partial charge in [0.2, 0.25) is 11.0 Å². The van der Waals surface area contributed by atoms with Crippen LogP contribution in [0, 0.1) is 3.95 Å². The van der Waals surface area contributed by atoms with Crippen molar-refractivity contribution in [3.05, 3.63) is 69.7 Å². The van der Waals surface area contributed by atoms with Gasteiger partial charge in [-0.05, 0) is 56.2 Å². The zero-order chi connectivity index (χ0) is 26.1. The van der Waals surface area contributed by atoms with E-state index in [1.165, 1.54) is 0 Å². The average molecular weight is 530 g/mol. The van der Waals surface area contributed by atoms with E-state index in [4.69, 9.17) is 21.7 Å². The van der Waals surface area contributed by atoms with Crippen LogP contribution in [0.25, 0.3) is 0 Å². The van der Waals surface area contributed by atoms with Crippen LogP contribution >= 0.6 is 23.6 Å². The number of H-pyrrole nitrogens is 1. The highest BCUT2D eigenvalue weighted by Crippen LogP contribution is 2.16. The normalized spacial score (nSPS) is 11.8. The predicted molar refractivity (Wildman–Crippen MR) is 139 cm³/mol. The number of carbonyl (C=O) groups is 3. The summed E-state index contributed by atoms with van der Waals surface area (Å²) in [6.07, 6.45) is -1.15. The van der Waals surface area contributed by atoms with E-state index in [0.29, 0.717) is 9.64 Å². The number of hydrogen-bond donors (Lipinski definition) is 4. The van der Waals surface area contributed by atoms with Crippen molar-refractivity contribution in [3.8, 4) is 0 Å². The first-order chi connectivity index (χ1) is 17.1. The Hall–Kier alpha value is -3.77. The number of carbonyl (C=O) groups excluding carboxylic acids is 3. The van der Waals surface area contributed by atoms with Gasteiger partial charge in [-0.1, -0.05) is 53.8 Å². The number of benzene rings is 2. The lowest BCUT2D eigenvalue weighted by Gasteiger charge is -2.23. The molecule has 190 valence electrons. The summed E-state index contributed by atoms with van der Waals surface area (Å²) in [4.78, 5) is 37.3. The molecular formula is C24H27N5O5S2. The summed E-state index contributed by atoms with van der Waals surface area (Å²) in [6.45, 7) is 5.35. The molecule has 0 bridgehead atoms. The van der Waals surface area contributed by atoms with Crippen LogP contribution in [0.4, 0.5) is 20.4 Å². The number of hydrogen-bond acceptors (Lipinski definition) is 8. The lowest BCUT2D eigenvalue weighted by molar-refractivity contribution is -0.118. The molecule has 0 saturated carbocycles. The largest absolute Gasteiger partial charge is 0.444 e. The van der Waals surface area contributed by atoms with E-state index >= 15 is 0 Å². The Morgan fingerprint density at radius 2 is 1.69 bits per heavy atom. The van der Waals surface area contributed by atoms with Crippen LogP contribution in [0.15, 0.2) is 54.6 Å². The molecule has 0 radical (unpaired) electrons. The maximum Gasteiger partial charge on any atom is 0.411 e. The topological polar surface area (TPSA) is 134 Å². The molecule has 0 spiro atoms. The molecular weight excluding hydrogens is 502 g/mol. The summed E-state index contributed by atoms with van der Waals surface area (Å²) in [6, 6.07) is 15.2. The molecule has 3 amide bonds. The van der Waals surface area contributed by atoms with Gasteiger partial charge in [0, 0.05) is 12.1 Å². The van der Waals surface area contributed by atoms with Gasteiger partial charge in [-0.15, -0.1) is 5.10 Å². The SMILES string of the molecule is CC(C)(C)OC(=O)NC(Cc1ccc(NC(=O)OCc2ccccc2)cc1)C(=O)Nc1n[nH]c(=S)s1. The molecule has 0 aliphatic carbocycles. The number of aromatic amines is 1. The minimum atomic E-state index is -0.952. The molecule has 2 aromatic carbocycles. The van der Waals surface area contributed by atoms with Crippen LogP contribution < -0.4 is 16.0 Å². The van der Waals surface area contributed by atoms with E-state index < -0.39 is 29.7 Å². The van der Waals surface area contributed by atoms with E-state index in [2.05, 4.69) is 26.1 Å². The van der Waals surface area contributed by atoms with E-state index in [9.17, 15) is 14.4 Å². The third-order valence-corrected chi connectivity index (χ3v) is 5.53. The fraction of sp³-hybridized carbons (Fsp3) is 0.292. The van der Waals surface area contributed by atoms with Gasteiger partial charge in [0.15, 0.2) is 3.95 Å². The van der Waals surface area contributed by atoms with Crippen molar-refractivity contribution in [1.82, 2.24) is 15.5 Å². The van der Waals surface area contributed by atoms with Crippen LogP contribution in [0.3, 0.4) is 0 Å². The second-order valence-corrected chi connectivity index (χ2v) is 10.4. The molecule has 0 fully saturated rings. The second kappa shape index (κ2) is 12.3. The van der Waals surface area contributed by atoms with Gasteiger partial charge in [-0.2, -0.15) is 0 Å². The molecule has 0 aliphatic rings. The maximum absolute atomic E-state index is 12.9. The molecule has 4 N–H and O–H groups in total. The van der Waals surface area contributed by atoms with Gasteiger partial charge in [-0.3, -0.25) is 20.5 Å². The summed E-state index contributed by atoms with van der Waals surface area (Å²) in [5.41, 5.74) is 1.41. The number of nitrogens with zero attached hydrogens (tertiary/aromatic N) is 1. The molecule has 12 heteroatoms. The van der Waals surface area contributed by atoms with Crippen molar-refractivity contribution in [2.45, 2.75) is 45.4 Å². The molecule has 3 aromatic rings. The lowest BCUT2D eigenvalue weighted by atomic mass is 10.0. The minimum absolute atomic E-state index is 0.154. The third-order valence-electron chi connectivity index (χ3n) is 4.53. The molecule has 0 aliphatic heterocycles. The van der Waals surface area contributed by atoms with Gasteiger partial charge in [0.05, 0.1) is 0 Å². The van der Waals surface area contributed by atoms with Gasteiger partial charge < -0.3 is 14.8 Å². The summed E-state index contributed by atoms with van der Waals surface area (Å²) < 4.78 is 10.9. The predicted octanol–water partition coefficient (Wildman–Crippen LogP) is 5.02. The first kappa shape index (κ1) is 26.8. The standard InChI is InChI=1S/C24H27N5O5S2/c1-24(2,3)34-22(32)26-18(19(30)27-20-28-29-23(35)36-20)13-15-9-11-17(12-10-15)25-21(31)33-14-16-7-5-4-6-8-16/h4-12,18H,13-14H2,1-3H3,(H,25,31)(H,26,32)(H,29,35)(H,27,28,30). The Morgan fingerprint density at radius 3 is 2.31 bits per heavy atom. The summed E-state index contributed by atoms with van der Waals surface area (Å²) in [7, 11) is 0. The zero-order valence-corrected chi connectivity index (χ0v) is 21.6. The van der Waals surface area contributed by atoms with Crippen LogP contribution in [-0.4, -0.2) is 39.9 Å². The van der Waals surface area contributed by atoms with E-state index in [1.807, 2.05) is 30.3 Å². The number of rotatable bonds is 8. The number of alkyl carbamates (subject to hydrolysis) is 1. The van der Waals surface area contributed by atoms with Crippen molar-refractivity contribution < 1.29 is 23.9 Å². The van der Waals surface area contributed by atoms with Crippen molar-refractivity contribution in [2.24, 2.45) is 0 Å². The number of aromatic nitrogens is 2. The number of ether oxygens (including phenoxy) is 2. The van der Waals surface area contributed by atoms with Gasteiger partial charge in [0.1, 0.15) is 18.2 Å². The van der Waals surface area contributed by atoms with E-state index in [0.717, 1.165) is 22.5 Å². The van der Waals surface area contributed by atoms with Crippen LogP contribution in [0.5, 0.6) is 0 Å². The zero-order valence-electron chi connectivity index (χ0n) is 20.0. The van der Waals surface area contributed by atoms with Gasteiger partial charge in [-0.25, -0.2) is 9.59 Å². The van der Waals surface area contributed by atoms with Crippen molar-refractivity contribution in [1.29, 1.82) is 0 Å². The molecule has 1 unspecified atom stereocenters. The Morgan fingerprint density at radius 1 is 1.00 bits per heavy atom. The van der Waals surface area contributed by atoms with E-state index in [1.54, 1.807) is 45.0 Å². The van der Waals surface area contributed by atoms with Crippen LogP contribution in [0.2, 0.25) is 0 Å². The molecule has 1 atom stereocenters. The maximum atomic E-state index is 12.9. The van der Waals surface area contributed by atoms with Crippen molar-refractivity contribution in [3.63, 3.8) is 0 Å². The van der Waals surface area contributed by atoms with Crippen molar-refractivity contribution in [2.75, 3.05) is 10.6 Å².